The van der Waals surface area contributed by atoms with Crippen LogP contribution in [0.15, 0.2) is 47.1 Å². The van der Waals surface area contributed by atoms with Gasteiger partial charge in [0, 0.05) is 10.6 Å². The Morgan fingerprint density at radius 1 is 1.12 bits per heavy atom. The minimum absolute atomic E-state index is 0.0669. The fourth-order valence-corrected chi connectivity index (χ4v) is 2.05. The summed E-state index contributed by atoms with van der Waals surface area (Å²) in [5.41, 5.74) is 1.23. The molecule has 3 rings (SSSR count). The Morgan fingerprint density at radius 2 is 1.96 bits per heavy atom. The first-order valence-electron chi connectivity index (χ1n) is 7.02. The van der Waals surface area contributed by atoms with Gasteiger partial charge >= 0.3 is 0 Å². The Balaban J connectivity index is 1.98. The first kappa shape index (κ1) is 16.0. The van der Waals surface area contributed by atoms with Gasteiger partial charge < -0.3 is 14.3 Å². The number of ether oxygens (including phenoxy) is 1. The van der Waals surface area contributed by atoms with E-state index in [1.165, 1.54) is 6.26 Å². The molecule has 1 aromatic carbocycles. The maximum absolute atomic E-state index is 8.70. The van der Waals surface area contributed by atoms with Gasteiger partial charge in [-0.1, -0.05) is 35.6 Å². The Bertz CT molecular complexity index is 868. The van der Waals surface area contributed by atoms with Crippen LogP contribution in [0.4, 0.5) is 0 Å². The van der Waals surface area contributed by atoms with Gasteiger partial charge in [0.15, 0.2) is 18.1 Å². The van der Waals surface area contributed by atoms with Gasteiger partial charge in [0.25, 0.3) is 0 Å². The molecule has 0 aliphatic heterocycles. The predicted molar refractivity (Wildman–Crippen MR) is 88.3 cm³/mol. The maximum Gasteiger partial charge on any atom is 0.245 e. The number of aliphatic hydroxyl groups is 1. The number of benzene rings is 1. The predicted octanol–water partition coefficient (Wildman–Crippen LogP) is 2.83. The summed E-state index contributed by atoms with van der Waals surface area (Å²) >= 11 is 5.91. The van der Waals surface area contributed by atoms with Gasteiger partial charge in [-0.25, -0.2) is 0 Å². The van der Waals surface area contributed by atoms with Crippen molar-refractivity contribution in [3.8, 4) is 40.6 Å². The summed E-state index contributed by atoms with van der Waals surface area (Å²) in [4.78, 5) is 4.36. The summed E-state index contributed by atoms with van der Waals surface area (Å²) in [6, 6.07) is 10.6. The highest BCUT2D eigenvalue weighted by atomic mass is 35.5. The Hall–Kier alpha value is -2.88. The van der Waals surface area contributed by atoms with E-state index in [-0.39, 0.29) is 19.1 Å². The standard InChI is InChI=1S/C17H12ClN3O3/c18-13-7-5-12(6-8-13)15-17(24-10-2-1-9-22)19-16(21-20-15)14-4-3-11-23-14/h3-8,11,22H,9-10H2. The molecule has 120 valence electrons. The van der Waals surface area contributed by atoms with Crippen LogP contribution in [-0.4, -0.2) is 33.5 Å². The summed E-state index contributed by atoms with van der Waals surface area (Å²) < 4.78 is 10.9. The molecular formula is C17H12ClN3O3. The van der Waals surface area contributed by atoms with E-state index in [0.29, 0.717) is 22.3 Å². The van der Waals surface area contributed by atoms with Crippen LogP contribution in [0.3, 0.4) is 0 Å². The summed E-state index contributed by atoms with van der Waals surface area (Å²) in [6.07, 6.45) is 1.53. The van der Waals surface area contributed by atoms with E-state index in [1.54, 1.807) is 36.4 Å². The molecule has 0 aliphatic rings. The molecular weight excluding hydrogens is 330 g/mol. The maximum atomic E-state index is 8.70. The Labute approximate surface area is 143 Å². The highest BCUT2D eigenvalue weighted by Crippen LogP contribution is 2.28. The van der Waals surface area contributed by atoms with Gasteiger partial charge in [-0.2, -0.15) is 4.98 Å². The normalized spacial score (nSPS) is 10.1. The van der Waals surface area contributed by atoms with E-state index in [9.17, 15) is 0 Å². The first-order chi connectivity index (χ1) is 11.8. The second-order valence-electron chi connectivity index (χ2n) is 4.57. The van der Waals surface area contributed by atoms with Gasteiger partial charge in [-0.3, -0.25) is 0 Å². The zero-order chi connectivity index (χ0) is 16.8. The summed E-state index contributed by atoms with van der Waals surface area (Å²) in [6.45, 7) is -0.162. The van der Waals surface area contributed by atoms with Crippen LogP contribution in [0.2, 0.25) is 5.02 Å². The second-order valence-corrected chi connectivity index (χ2v) is 5.01. The fourth-order valence-electron chi connectivity index (χ4n) is 1.92. The molecule has 7 heteroatoms. The molecule has 24 heavy (non-hydrogen) atoms. The molecule has 3 aromatic rings. The lowest BCUT2D eigenvalue weighted by atomic mass is 10.1. The third-order valence-corrected chi connectivity index (χ3v) is 3.25. The minimum Gasteiger partial charge on any atom is -0.463 e. The highest BCUT2D eigenvalue weighted by Gasteiger charge is 2.15. The molecule has 2 aromatic heterocycles. The lowest BCUT2D eigenvalue weighted by Crippen LogP contribution is -2.04. The quantitative estimate of drug-likeness (QED) is 0.735. The van der Waals surface area contributed by atoms with E-state index < -0.39 is 0 Å². The van der Waals surface area contributed by atoms with Gasteiger partial charge in [0.2, 0.25) is 11.7 Å². The monoisotopic (exact) mass is 341 g/mol. The van der Waals surface area contributed by atoms with E-state index in [4.69, 9.17) is 25.9 Å². The lowest BCUT2D eigenvalue weighted by Gasteiger charge is -2.08. The van der Waals surface area contributed by atoms with Crippen molar-refractivity contribution in [2.75, 3.05) is 13.2 Å². The molecule has 0 amide bonds. The van der Waals surface area contributed by atoms with Gasteiger partial charge in [0.1, 0.15) is 6.61 Å². The zero-order valence-electron chi connectivity index (χ0n) is 12.4. The largest absolute Gasteiger partial charge is 0.463 e. The minimum atomic E-state index is -0.229. The molecule has 2 heterocycles. The lowest BCUT2D eigenvalue weighted by molar-refractivity contribution is 0.344. The molecule has 0 bridgehead atoms. The van der Waals surface area contributed by atoms with Crippen molar-refractivity contribution in [1.82, 2.24) is 15.2 Å². The van der Waals surface area contributed by atoms with Crippen LogP contribution in [0, 0.1) is 11.8 Å². The van der Waals surface area contributed by atoms with Gasteiger partial charge in [0.05, 0.1) is 6.26 Å². The number of nitrogens with zero attached hydrogens (tertiary/aromatic N) is 3. The molecule has 0 unspecified atom stereocenters. The van der Waals surface area contributed by atoms with Crippen molar-refractivity contribution in [2.24, 2.45) is 0 Å². The number of aromatic nitrogens is 3. The number of rotatable bonds is 4. The van der Waals surface area contributed by atoms with Crippen molar-refractivity contribution >= 4 is 11.6 Å². The summed E-state index contributed by atoms with van der Waals surface area (Å²) in [7, 11) is 0. The molecule has 0 atom stereocenters. The molecule has 0 fully saturated rings. The van der Waals surface area contributed by atoms with Crippen LogP contribution in [-0.2, 0) is 0 Å². The van der Waals surface area contributed by atoms with Crippen LogP contribution in [0.5, 0.6) is 5.88 Å². The van der Waals surface area contributed by atoms with Crippen LogP contribution in [0.1, 0.15) is 0 Å². The molecule has 0 saturated heterocycles. The van der Waals surface area contributed by atoms with Crippen molar-refractivity contribution < 1.29 is 14.3 Å². The molecule has 6 nitrogen and oxygen atoms in total. The SMILES string of the molecule is OCC#CCOc1nc(-c2ccco2)nnc1-c1ccc(Cl)cc1. The third-order valence-electron chi connectivity index (χ3n) is 3.00. The number of halogens is 1. The highest BCUT2D eigenvalue weighted by molar-refractivity contribution is 6.30. The number of hydrogen-bond acceptors (Lipinski definition) is 6. The number of furan rings is 1. The van der Waals surface area contributed by atoms with E-state index in [2.05, 4.69) is 27.0 Å². The van der Waals surface area contributed by atoms with Gasteiger partial charge in [-0.15, -0.1) is 10.2 Å². The zero-order valence-corrected chi connectivity index (χ0v) is 13.2. The Kier molecular flexibility index (Phi) is 5.06. The number of hydrogen-bond donors (Lipinski definition) is 1. The molecule has 0 spiro atoms. The van der Waals surface area contributed by atoms with E-state index >= 15 is 0 Å². The molecule has 0 radical (unpaired) electrons. The topological polar surface area (TPSA) is 81.3 Å². The number of aliphatic hydroxyl groups excluding tert-OH is 1. The Morgan fingerprint density at radius 3 is 2.67 bits per heavy atom. The van der Waals surface area contributed by atoms with Crippen LogP contribution < -0.4 is 4.74 Å². The molecule has 1 N–H and O–H groups in total. The molecule has 0 saturated carbocycles. The van der Waals surface area contributed by atoms with Crippen LogP contribution >= 0.6 is 11.6 Å². The third kappa shape index (κ3) is 3.71. The fraction of sp³-hybridized carbons (Fsp3) is 0.118. The van der Waals surface area contributed by atoms with Crippen molar-refractivity contribution in [1.29, 1.82) is 0 Å². The van der Waals surface area contributed by atoms with Crippen LogP contribution in [0.25, 0.3) is 22.8 Å². The second kappa shape index (κ2) is 7.59. The summed E-state index contributed by atoms with van der Waals surface area (Å²) in [5.74, 6) is 6.24. The van der Waals surface area contributed by atoms with Crippen molar-refractivity contribution in [2.45, 2.75) is 0 Å². The summed E-state index contributed by atoms with van der Waals surface area (Å²) in [5, 5.41) is 17.6. The smallest absolute Gasteiger partial charge is 0.245 e. The van der Waals surface area contributed by atoms with Gasteiger partial charge in [-0.05, 0) is 24.3 Å². The average molecular weight is 342 g/mol. The first-order valence-corrected chi connectivity index (χ1v) is 7.39. The van der Waals surface area contributed by atoms with Crippen molar-refractivity contribution in [3.63, 3.8) is 0 Å². The van der Waals surface area contributed by atoms with Crippen molar-refractivity contribution in [3.05, 3.63) is 47.7 Å². The average Bonchev–Trinajstić information content (AvgIpc) is 3.14. The van der Waals surface area contributed by atoms with E-state index in [0.717, 1.165) is 5.56 Å². The van der Waals surface area contributed by atoms with E-state index in [1.807, 2.05) is 0 Å². The molecule has 0 aliphatic carbocycles.